The zero-order chi connectivity index (χ0) is 20.7. The summed E-state index contributed by atoms with van der Waals surface area (Å²) >= 11 is 7.36. The standard InChI is InChI=1S/C22H27ClN2O2S/c1-15(2)24-22(27)17(4)25(13-18-7-5-16(3)6-8-18)21(26)14-28-20-11-9-19(23)10-12-20/h5-12,15,17H,13-14H2,1-4H3,(H,24,27)/t17-/m0/s1. The van der Waals surface area contributed by atoms with Crippen molar-refractivity contribution in [2.75, 3.05) is 5.75 Å². The van der Waals surface area contributed by atoms with Crippen molar-refractivity contribution in [3.8, 4) is 0 Å². The van der Waals surface area contributed by atoms with Gasteiger partial charge in [0.25, 0.3) is 0 Å². The fraction of sp³-hybridized carbons (Fsp3) is 0.364. The van der Waals surface area contributed by atoms with Crippen molar-refractivity contribution in [1.82, 2.24) is 10.2 Å². The molecule has 2 aromatic carbocycles. The van der Waals surface area contributed by atoms with Gasteiger partial charge in [0, 0.05) is 22.5 Å². The van der Waals surface area contributed by atoms with E-state index in [-0.39, 0.29) is 23.6 Å². The van der Waals surface area contributed by atoms with Crippen molar-refractivity contribution in [1.29, 1.82) is 0 Å². The minimum atomic E-state index is -0.554. The minimum absolute atomic E-state index is 0.0229. The Hall–Kier alpha value is -1.98. The molecule has 2 rings (SSSR count). The quantitative estimate of drug-likeness (QED) is 0.633. The summed E-state index contributed by atoms with van der Waals surface area (Å²) in [4.78, 5) is 28.1. The van der Waals surface area contributed by atoms with Gasteiger partial charge < -0.3 is 10.2 Å². The summed E-state index contributed by atoms with van der Waals surface area (Å²) in [6, 6.07) is 14.9. The number of hydrogen-bond acceptors (Lipinski definition) is 3. The molecule has 0 aromatic heterocycles. The van der Waals surface area contributed by atoms with Gasteiger partial charge in [-0.2, -0.15) is 0 Å². The van der Waals surface area contributed by atoms with Crippen LogP contribution < -0.4 is 5.32 Å². The van der Waals surface area contributed by atoms with E-state index in [9.17, 15) is 9.59 Å². The number of carbonyl (C=O) groups is 2. The molecule has 0 radical (unpaired) electrons. The maximum Gasteiger partial charge on any atom is 0.242 e. The van der Waals surface area contributed by atoms with E-state index in [1.54, 1.807) is 24.0 Å². The van der Waals surface area contributed by atoms with Crippen LogP contribution >= 0.6 is 23.4 Å². The molecule has 6 heteroatoms. The first-order valence-corrected chi connectivity index (χ1v) is 10.7. The highest BCUT2D eigenvalue weighted by Crippen LogP contribution is 2.22. The van der Waals surface area contributed by atoms with E-state index in [0.29, 0.717) is 11.6 Å². The molecule has 0 aliphatic carbocycles. The predicted molar refractivity (Wildman–Crippen MR) is 117 cm³/mol. The highest BCUT2D eigenvalue weighted by Gasteiger charge is 2.26. The van der Waals surface area contributed by atoms with E-state index in [2.05, 4.69) is 5.32 Å². The third-order valence-corrected chi connectivity index (χ3v) is 5.50. The van der Waals surface area contributed by atoms with Gasteiger partial charge in [0.15, 0.2) is 0 Å². The van der Waals surface area contributed by atoms with E-state index in [4.69, 9.17) is 11.6 Å². The van der Waals surface area contributed by atoms with Crippen LogP contribution in [0.15, 0.2) is 53.4 Å². The molecule has 0 spiro atoms. The average molecular weight is 419 g/mol. The molecule has 0 unspecified atom stereocenters. The van der Waals surface area contributed by atoms with E-state index in [1.165, 1.54) is 11.8 Å². The topological polar surface area (TPSA) is 49.4 Å². The van der Waals surface area contributed by atoms with Crippen LogP contribution in [0.4, 0.5) is 0 Å². The second-order valence-corrected chi connectivity index (χ2v) is 8.57. The summed E-state index contributed by atoms with van der Waals surface area (Å²) in [5.41, 5.74) is 2.16. The fourth-order valence-electron chi connectivity index (χ4n) is 2.64. The second kappa shape index (κ2) is 10.5. The number of nitrogens with one attached hydrogen (secondary N) is 1. The van der Waals surface area contributed by atoms with Crippen LogP contribution in [0, 0.1) is 6.92 Å². The van der Waals surface area contributed by atoms with Crippen LogP contribution in [0.2, 0.25) is 5.02 Å². The molecule has 1 atom stereocenters. The van der Waals surface area contributed by atoms with Gasteiger partial charge >= 0.3 is 0 Å². The molecular weight excluding hydrogens is 392 g/mol. The summed E-state index contributed by atoms with van der Waals surface area (Å²) in [5, 5.41) is 3.56. The monoisotopic (exact) mass is 418 g/mol. The van der Waals surface area contributed by atoms with Crippen LogP contribution in [0.1, 0.15) is 31.9 Å². The number of carbonyl (C=O) groups excluding carboxylic acids is 2. The van der Waals surface area contributed by atoms with Gasteiger partial charge in [0.05, 0.1) is 5.75 Å². The molecule has 150 valence electrons. The van der Waals surface area contributed by atoms with Crippen LogP contribution in [-0.4, -0.2) is 34.6 Å². The Labute approximate surface area is 176 Å². The lowest BCUT2D eigenvalue weighted by molar-refractivity contribution is -0.138. The first-order chi connectivity index (χ1) is 13.3. The number of rotatable bonds is 8. The molecule has 0 saturated carbocycles. The molecule has 1 N–H and O–H groups in total. The summed E-state index contributed by atoms with van der Waals surface area (Å²) in [6.07, 6.45) is 0. The first kappa shape index (κ1) is 22.3. The summed E-state index contributed by atoms with van der Waals surface area (Å²) in [7, 11) is 0. The molecule has 0 heterocycles. The zero-order valence-electron chi connectivity index (χ0n) is 16.7. The number of benzene rings is 2. The molecule has 2 amide bonds. The van der Waals surface area contributed by atoms with Gasteiger partial charge in [-0.3, -0.25) is 9.59 Å². The molecule has 28 heavy (non-hydrogen) atoms. The number of nitrogens with zero attached hydrogens (tertiary/aromatic N) is 1. The summed E-state index contributed by atoms with van der Waals surface area (Å²) in [6.45, 7) is 8.01. The van der Waals surface area contributed by atoms with Crippen molar-refractivity contribution >= 4 is 35.2 Å². The van der Waals surface area contributed by atoms with Crippen molar-refractivity contribution in [3.63, 3.8) is 0 Å². The van der Waals surface area contributed by atoms with Gasteiger partial charge in [0.2, 0.25) is 11.8 Å². The molecule has 0 fully saturated rings. The minimum Gasteiger partial charge on any atom is -0.352 e. The summed E-state index contributed by atoms with van der Waals surface area (Å²) < 4.78 is 0. The molecule has 0 aliphatic rings. The Kier molecular flexibility index (Phi) is 8.39. The number of amides is 2. The Morgan fingerprint density at radius 3 is 2.21 bits per heavy atom. The van der Waals surface area contributed by atoms with Gasteiger partial charge in [-0.05, 0) is 57.5 Å². The molecule has 0 aliphatic heterocycles. The molecule has 4 nitrogen and oxygen atoms in total. The van der Waals surface area contributed by atoms with E-state index < -0.39 is 6.04 Å². The van der Waals surface area contributed by atoms with Crippen LogP contribution in [0.25, 0.3) is 0 Å². The maximum atomic E-state index is 13.0. The highest BCUT2D eigenvalue weighted by molar-refractivity contribution is 8.00. The normalized spacial score (nSPS) is 11.9. The van der Waals surface area contributed by atoms with Crippen LogP contribution in [0.3, 0.4) is 0 Å². The molecule has 0 bridgehead atoms. The third-order valence-electron chi connectivity index (χ3n) is 4.25. The zero-order valence-corrected chi connectivity index (χ0v) is 18.3. The maximum absolute atomic E-state index is 13.0. The molecule has 0 saturated heterocycles. The number of halogens is 1. The van der Waals surface area contributed by atoms with Gasteiger partial charge in [-0.25, -0.2) is 0 Å². The number of hydrogen-bond donors (Lipinski definition) is 1. The summed E-state index contributed by atoms with van der Waals surface area (Å²) in [5.74, 6) is 0.0335. The average Bonchev–Trinajstić information content (AvgIpc) is 2.65. The largest absolute Gasteiger partial charge is 0.352 e. The van der Waals surface area contributed by atoms with Crippen molar-refractivity contribution < 1.29 is 9.59 Å². The fourth-order valence-corrected chi connectivity index (χ4v) is 3.55. The Balaban J connectivity index is 2.12. The van der Waals surface area contributed by atoms with Crippen molar-refractivity contribution in [2.24, 2.45) is 0 Å². The highest BCUT2D eigenvalue weighted by atomic mass is 35.5. The molecular formula is C22H27ClN2O2S. The number of thioether (sulfide) groups is 1. The number of aryl methyl sites for hydroxylation is 1. The van der Waals surface area contributed by atoms with Gasteiger partial charge in [0.1, 0.15) is 6.04 Å². The van der Waals surface area contributed by atoms with Crippen molar-refractivity contribution in [2.45, 2.75) is 51.2 Å². The molecule has 2 aromatic rings. The van der Waals surface area contributed by atoms with E-state index >= 15 is 0 Å². The van der Waals surface area contributed by atoms with Gasteiger partial charge in [-0.15, -0.1) is 11.8 Å². The lowest BCUT2D eigenvalue weighted by Crippen LogP contribution is -2.49. The lowest BCUT2D eigenvalue weighted by Gasteiger charge is -2.29. The third kappa shape index (κ3) is 6.88. The van der Waals surface area contributed by atoms with E-state index in [1.807, 2.05) is 57.2 Å². The van der Waals surface area contributed by atoms with Crippen molar-refractivity contribution in [3.05, 3.63) is 64.7 Å². The Morgan fingerprint density at radius 1 is 1.04 bits per heavy atom. The van der Waals surface area contributed by atoms with E-state index in [0.717, 1.165) is 16.0 Å². The smallest absolute Gasteiger partial charge is 0.242 e. The predicted octanol–water partition coefficient (Wildman–Crippen LogP) is 4.68. The van der Waals surface area contributed by atoms with Gasteiger partial charge in [-0.1, -0.05) is 41.4 Å². The SMILES string of the molecule is Cc1ccc(CN(C(=O)CSc2ccc(Cl)cc2)[C@@H](C)C(=O)NC(C)C)cc1. The van der Waals surface area contributed by atoms with Crippen LogP contribution in [-0.2, 0) is 16.1 Å². The second-order valence-electron chi connectivity index (χ2n) is 7.09. The Morgan fingerprint density at radius 2 is 1.64 bits per heavy atom. The lowest BCUT2D eigenvalue weighted by atomic mass is 10.1. The first-order valence-electron chi connectivity index (χ1n) is 9.30. The van der Waals surface area contributed by atoms with Crippen LogP contribution in [0.5, 0.6) is 0 Å². The Bertz CT molecular complexity index is 791.